The third kappa shape index (κ3) is 5.34. The van der Waals surface area contributed by atoms with E-state index in [-0.39, 0.29) is 34.6 Å². The Morgan fingerprint density at radius 3 is 2.39 bits per heavy atom. The van der Waals surface area contributed by atoms with E-state index in [0.717, 1.165) is 75.2 Å². The van der Waals surface area contributed by atoms with Crippen molar-refractivity contribution >= 4 is 5.97 Å². The molecule has 1 spiro atoms. The largest absolute Gasteiger partial charge is 0.494 e. The Bertz CT molecular complexity index is 1580. The third-order valence-corrected chi connectivity index (χ3v) is 11.4. The number of ether oxygens (including phenoxy) is 3. The van der Waals surface area contributed by atoms with Gasteiger partial charge >= 0.3 is 5.97 Å². The standard InChI is InChI=1S/C39H45FN2O4/c1-3-44-35-20-34(30-11-13-32(40)14-12-30)33(29-9-10-29)19-31(35)21-41-17-15-39(16-18-41)26-42(27(2)46-39)38-23-37(24-38,25-38)36(43)45-22-28-7-5-4-6-8-28/h4-8,11-14,19-20,27,29H,3,9-10,15-18,21-26H2,1-2H3. The lowest BCUT2D eigenvalue weighted by Crippen LogP contribution is -2.77. The Morgan fingerprint density at radius 1 is 1.00 bits per heavy atom. The number of rotatable bonds is 10. The molecule has 6 fully saturated rings. The predicted molar refractivity (Wildman–Crippen MR) is 175 cm³/mol. The van der Waals surface area contributed by atoms with E-state index < -0.39 is 0 Å². The molecule has 2 bridgehead atoms. The lowest BCUT2D eigenvalue weighted by atomic mass is 9.38. The molecule has 9 rings (SSSR count). The Kier molecular flexibility index (Phi) is 7.50. The Hall–Kier alpha value is -3.26. The first kappa shape index (κ1) is 30.1. The minimum absolute atomic E-state index is 0.0315. The first-order valence-corrected chi connectivity index (χ1v) is 17.2. The van der Waals surface area contributed by atoms with Crippen LogP contribution >= 0.6 is 0 Å². The van der Waals surface area contributed by atoms with Gasteiger partial charge in [0.2, 0.25) is 0 Å². The average molecular weight is 625 g/mol. The second-order valence-electron chi connectivity index (χ2n) is 14.7. The van der Waals surface area contributed by atoms with Crippen molar-refractivity contribution in [2.75, 3.05) is 26.2 Å². The van der Waals surface area contributed by atoms with Crippen LogP contribution in [0.25, 0.3) is 11.1 Å². The minimum Gasteiger partial charge on any atom is -0.494 e. The van der Waals surface area contributed by atoms with Crippen LogP contribution in [0.15, 0.2) is 66.7 Å². The number of carbonyl (C=O) groups is 1. The maximum atomic E-state index is 13.7. The van der Waals surface area contributed by atoms with Crippen molar-refractivity contribution in [3.8, 4) is 16.9 Å². The maximum absolute atomic E-state index is 13.7. The third-order valence-electron chi connectivity index (χ3n) is 11.4. The number of hydrogen-bond donors (Lipinski definition) is 0. The number of benzene rings is 3. The van der Waals surface area contributed by atoms with Crippen LogP contribution in [0.2, 0.25) is 0 Å². The summed E-state index contributed by atoms with van der Waals surface area (Å²) in [4.78, 5) is 18.1. The fourth-order valence-electron chi connectivity index (χ4n) is 8.89. The van der Waals surface area contributed by atoms with Crippen LogP contribution in [0.1, 0.15) is 81.4 Å². The van der Waals surface area contributed by atoms with E-state index in [1.54, 1.807) is 12.1 Å². The normalized spacial score (nSPS) is 28.5. The van der Waals surface area contributed by atoms with Gasteiger partial charge in [-0.1, -0.05) is 42.5 Å². The molecule has 4 saturated carbocycles. The summed E-state index contributed by atoms with van der Waals surface area (Å²) in [6.07, 6.45) is 7.15. The summed E-state index contributed by atoms with van der Waals surface area (Å²) >= 11 is 0. The molecule has 2 aliphatic heterocycles. The van der Waals surface area contributed by atoms with Gasteiger partial charge in [-0.25, -0.2) is 4.39 Å². The van der Waals surface area contributed by atoms with Gasteiger partial charge in [-0.2, -0.15) is 0 Å². The number of nitrogens with zero attached hydrogens (tertiary/aromatic N) is 2. The van der Waals surface area contributed by atoms with Crippen LogP contribution in [0.4, 0.5) is 4.39 Å². The zero-order valence-corrected chi connectivity index (χ0v) is 27.1. The van der Waals surface area contributed by atoms with Crippen molar-refractivity contribution in [2.24, 2.45) is 5.41 Å². The molecule has 1 atom stereocenters. The van der Waals surface area contributed by atoms with Crippen LogP contribution in [0.5, 0.6) is 5.75 Å². The van der Waals surface area contributed by atoms with Gasteiger partial charge in [-0.3, -0.25) is 14.6 Å². The molecular formula is C39H45FN2O4. The van der Waals surface area contributed by atoms with Crippen LogP contribution < -0.4 is 4.74 Å². The maximum Gasteiger partial charge on any atom is 0.312 e. The lowest BCUT2D eigenvalue weighted by Gasteiger charge is -2.72. The van der Waals surface area contributed by atoms with Crippen molar-refractivity contribution in [3.63, 3.8) is 0 Å². The van der Waals surface area contributed by atoms with E-state index in [2.05, 4.69) is 28.9 Å². The predicted octanol–water partition coefficient (Wildman–Crippen LogP) is 7.45. The first-order chi connectivity index (χ1) is 22.3. The highest BCUT2D eigenvalue weighted by Crippen LogP contribution is 2.71. The number of carbonyl (C=O) groups excluding carboxylic acids is 1. The van der Waals surface area contributed by atoms with Gasteiger partial charge in [0.25, 0.3) is 0 Å². The van der Waals surface area contributed by atoms with Gasteiger partial charge in [0.15, 0.2) is 0 Å². The van der Waals surface area contributed by atoms with Gasteiger partial charge in [-0.05, 0) is 111 Å². The Morgan fingerprint density at radius 2 is 1.72 bits per heavy atom. The number of esters is 1. The highest BCUT2D eigenvalue weighted by atomic mass is 19.1. The van der Waals surface area contributed by atoms with Crippen molar-refractivity contribution in [3.05, 3.63) is 89.2 Å². The summed E-state index contributed by atoms with van der Waals surface area (Å²) in [5, 5.41) is 0. The lowest BCUT2D eigenvalue weighted by molar-refractivity contribution is -0.246. The molecule has 0 amide bonds. The van der Waals surface area contributed by atoms with Crippen LogP contribution in [0, 0.1) is 11.2 Å². The number of halogens is 1. The summed E-state index contributed by atoms with van der Waals surface area (Å²) in [6.45, 7) is 8.94. The Balaban J connectivity index is 0.897. The van der Waals surface area contributed by atoms with E-state index in [0.29, 0.717) is 19.1 Å². The molecule has 6 nitrogen and oxygen atoms in total. The van der Waals surface area contributed by atoms with E-state index in [9.17, 15) is 9.18 Å². The molecular weight excluding hydrogens is 579 g/mol. The van der Waals surface area contributed by atoms with Crippen molar-refractivity contribution in [1.29, 1.82) is 0 Å². The van der Waals surface area contributed by atoms with Crippen LogP contribution in [0.3, 0.4) is 0 Å². The molecule has 0 radical (unpaired) electrons. The van der Waals surface area contributed by atoms with Crippen LogP contribution in [-0.4, -0.2) is 59.4 Å². The topological polar surface area (TPSA) is 51.2 Å². The van der Waals surface area contributed by atoms with Gasteiger partial charge in [-0.15, -0.1) is 0 Å². The molecule has 0 aromatic heterocycles. The van der Waals surface area contributed by atoms with Gasteiger partial charge in [0, 0.05) is 37.3 Å². The summed E-state index contributed by atoms with van der Waals surface area (Å²) < 4.78 is 32.4. The molecule has 2 saturated heterocycles. The highest BCUT2D eigenvalue weighted by Gasteiger charge is 2.76. The Labute approximate surface area is 271 Å². The molecule has 0 N–H and O–H groups in total. The zero-order chi connectivity index (χ0) is 31.5. The zero-order valence-electron chi connectivity index (χ0n) is 27.1. The second-order valence-corrected chi connectivity index (χ2v) is 14.7. The fraction of sp³-hybridized carbons (Fsp3) is 0.513. The molecule has 2 heterocycles. The molecule has 46 heavy (non-hydrogen) atoms. The van der Waals surface area contributed by atoms with Gasteiger partial charge in [0.1, 0.15) is 24.4 Å². The molecule has 7 heteroatoms. The summed E-state index contributed by atoms with van der Waals surface area (Å²) in [6, 6.07) is 21.3. The first-order valence-electron chi connectivity index (χ1n) is 17.2. The van der Waals surface area contributed by atoms with Crippen molar-refractivity contribution in [1.82, 2.24) is 9.80 Å². The minimum atomic E-state index is -0.294. The smallest absolute Gasteiger partial charge is 0.312 e. The van der Waals surface area contributed by atoms with E-state index >= 15 is 0 Å². The molecule has 3 aromatic rings. The van der Waals surface area contributed by atoms with Crippen molar-refractivity contribution in [2.45, 2.75) is 95.2 Å². The fourth-order valence-corrected chi connectivity index (χ4v) is 8.89. The van der Waals surface area contributed by atoms with Crippen LogP contribution in [-0.2, 0) is 27.4 Å². The number of piperidine rings is 1. The number of hydrogen-bond acceptors (Lipinski definition) is 6. The molecule has 242 valence electrons. The van der Waals surface area contributed by atoms with Crippen molar-refractivity contribution < 1.29 is 23.4 Å². The summed E-state index contributed by atoms with van der Waals surface area (Å²) in [7, 11) is 0. The molecule has 1 unspecified atom stereocenters. The number of likely N-dealkylation sites (tertiary alicyclic amines) is 1. The summed E-state index contributed by atoms with van der Waals surface area (Å²) in [5.41, 5.74) is 5.52. The van der Waals surface area contributed by atoms with E-state index in [1.807, 2.05) is 49.4 Å². The van der Waals surface area contributed by atoms with Gasteiger partial charge in [0.05, 0.1) is 17.6 Å². The monoisotopic (exact) mass is 624 g/mol. The summed E-state index contributed by atoms with van der Waals surface area (Å²) in [5.74, 6) is 1.26. The van der Waals surface area contributed by atoms with Gasteiger partial charge < -0.3 is 14.2 Å². The second kappa shape index (κ2) is 11.5. The van der Waals surface area contributed by atoms with E-state index in [4.69, 9.17) is 14.2 Å². The van der Waals surface area contributed by atoms with E-state index in [1.165, 1.54) is 29.5 Å². The quantitative estimate of drug-likeness (QED) is 0.219. The molecule has 6 aliphatic rings. The molecule has 3 aromatic carbocycles. The highest BCUT2D eigenvalue weighted by molar-refractivity contribution is 5.82. The average Bonchev–Trinajstić information content (AvgIpc) is 3.82. The SMILES string of the molecule is CCOc1cc(-c2ccc(F)cc2)c(C2CC2)cc1CN1CCC2(CC1)CN(C13CC(C(=O)OCc4ccccc4)(C1)C3)C(C)O2. The molecule has 4 aliphatic carbocycles.